The molecule has 3 nitrogen and oxygen atoms in total. The van der Waals surface area contributed by atoms with Crippen molar-refractivity contribution in [3.63, 3.8) is 0 Å². The van der Waals surface area contributed by atoms with Gasteiger partial charge in [0.2, 0.25) is 0 Å². The lowest BCUT2D eigenvalue weighted by atomic mass is 9.67. The van der Waals surface area contributed by atoms with Crippen molar-refractivity contribution in [3.8, 4) is 0 Å². The Morgan fingerprint density at radius 3 is 3.00 bits per heavy atom. The fraction of sp³-hybridized carbons (Fsp3) is 0.579. The minimum atomic E-state index is 0.0308. The molecule has 3 heterocycles. The van der Waals surface area contributed by atoms with Crippen LogP contribution in [-0.2, 0) is 6.42 Å². The number of piperidine rings is 1. The summed E-state index contributed by atoms with van der Waals surface area (Å²) >= 11 is 0. The summed E-state index contributed by atoms with van der Waals surface area (Å²) in [4.78, 5) is 6.33. The summed E-state index contributed by atoms with van der Waals surface area (Å²) in [7, 11) is 0. The van der Waals surface area contributed by atoms with Gasteiger partial charge in [-0.3, -0.25) is 4.90 Å². The van der Waals surface area contributed by atoms with E-state index in [1.807, 2.05) is 0 Å². The first kappa shape index (κ1) is 14.3. The number of H-pyrrole nitrogens is 1. The van der Waals surface area contributed by atoms with Crippen LogP contribution >= 0.6 is 0 Å². The van der Waals surface area contributed by atoms with Crippen LogP contribution in [0.1, 0.15) is 49.9 Å². The van der Waals surface area contributed by atoms with Crippen LogP contribution in [0.15, 0.2) is 24.3 Å². The lowest BCUT2D eigenvalue weighted by Crippen LogP contribution is -2.51. The second kappa shape index (κ2) is 5.39. The quantitative estimate of drug-likeness (QED) is 0.908. The van der Waals surface area contributed by atoms with Gasteiger partial charge in [-0.25, -0.2) is 0 Å². The zero-order chi connectivity index (χ0) is 15.2. The number of aromatic amines is 1. The average molecular weight is 298 g/mol. The molecule has 118 valence electrons. The first-order chi connectivity index (χ1) is 10.8. The number of para-hydroxylation sites is 1. The maximum atomic E-state index is 10.3. The Kier molecular flexibility index (Phi) is 3.50. The minimum Gasteiger partial charge on any atom is -0.396 e. The zero-order valence-electron chi connectivity index (χ0n) is 13.4. The molecule has 0 radical (unpaired) electrons. The third kappa shape index (κ3) is 1.95. The number of rotatable bonds is 3. The summed E-state index contributed by atoms with van der Waals surface area (Å²) in [6.45, 7) is 4.85. The number of benzene rings is 1. The second-order valence-electron chi connectivity index (χ2n) is 7.13. The third-order valence-corrected chi connectivity index (χ3v) is 5.90. The minimum absolute atomic E-state index is 0.0308. The van der Waals surface area contributed by atoms with Crippen LogP contribution in [0.4, 0.5) is 0 Å². The van der Waals surface area contributed by atoms with E-state index in [9.17, 15) is 5.11 Å². The molecule has 3 heteroatoms. The molecular weight excluding hydrogens is 272 g/mol. The van der Waals surface area contributed by atoms with Crippen LogP contribution in [0.5, 0.6) is 0 Å². The Morgan fingerprint density at radius 2 is 2.18 bits per heavy atom. The molecule has 2 unspecified atom stereocenters. The molecule has 0 amide bonds. The summed E-state index contributed by atoms with van der Waals surface area (Å²) in [5.74, 6) is 0. The van der Waals surface area contributed by atoms with Gasteiger partial charge in [-0.1, -0.05) is 31.5 Å². The fourth-order valence-corrected chi connectivity index (χ4v) is 5.00. The largest absolute Gasteiger partial charge is 0.396 e. The van der Waals surface area contributed by atoms with Crippen molar-refractivity contribution in [2.45, 2.75) is 45.1 Å². The third-order valence-electron chi connectivity index (χ3n) is 5.90. The molecule has 1 fully saturated rings. The molecule has 1 aromatic heterocycles. The van der Waals surface area contributed by atoms with Crippen molar-refractivity contribution in [3.05, 3.63) is 35.5 Å². The predicted octanol–water partition coefficient (Wildman–Crippen LogP) is 3.64. The fourth-order valence-electron chi connectivity index (χ4n) is 5.00. The van der Waals surface area contributed by atoms with E-state index >= 15 is 0 Å². The molecule has 2 N–H and O–H groups in total. The first-order valence-corrected chi connectivity index (χ1v) is 8.73. The van der Waals surface area contributed by atoms with Crippen LogP contribution < -0.4 is 0 Å². The number of fused-ring (bicyclic) bond motifs is 5. The van der Waals surface area contributed by atoms with E-state index < -0.39 is 0 Å². The summed E-state index contributed by atoms with van der Waals surface area (Å²) in [6.07, 6.45) is 5.74. The molecule has 0 bridgehead atoms. The summed E-state index contributed by atoms with van der Waals surface area (Å²) in [6, 6.07) is 9.02. The van der Waals surface area contributed by atoms with Crippen LogP contribution in [0.3, 0.4) is 0 Å². The number of hydrogen-bond donors (Lipinski definition) is 2. The van der Waals surface area contributed by atoms with E-state index in [2.05, 4.69) is 41.1 Å². The summed E-state index contributed by atoms with van der Waals surface area (Å²) < 4.78 is 0. The topological polar surface area (TPSA) is 39.3 Å². The van der Waals surface area contributed by atoms with Gasteiger partial charge < -0.3 is 10.1 Å². The highest BCUT2D eigenvalue weighted by Gasteiger charge is 2.47. The molecule has 0 spiro atoms. The van der Waals surface area contributed by atoms with E-state index in [-0.39, 0.29) is 5.41 Å². The van der Waals surface area contributed by atoms with E-state index in [1.54, 1.807) is 0 Å². The molecule has 0 saturated carbocycles. The lowest BCUT2D eigenvalue weighted by Gasteiger charge is -2.51. The smallest absolute Gasteiger partial charge is 0.0580 e. The van der Waals surface area contributed by atoms with Crippen molar-refractivity contribution in [1.29, 1.82) is 0 Å². The molecule has 1 saturated heterocycles. The van der Waals surface area contributed by atoms with Gasteiger partial charge in [-0.05, 0) is 43.9 Å². The van der Waals surface area contributed by atoms with Crippen LogP contribution in [0.25, 0.3) is 10.9 Å². The number of aliphatic hydroxyl groups is 1. The summed E-state index contributed by atoms with van der Waals surface area (Å²) in [5.41, 5.74) is 4.16. The van der Waals surface area contributed by atoms with E-state index in [0.717, 1.165) is 32.2 Å². The number of aromatic nitrogens is 1. The van der Waals surface area contributed by atoms with E-state index in [4.69, 9.17) is 0 Å². The number of nitrogens with one attached hydrogen (secondary N) is 1. The first-order valence-electron chi connectivity index (χ1n) is 8.73. The van der Waals surface area contributed by atoms with Crippen molar-refractivity contribution >= 4 is 10.9 Å². The predicted molar refractivity (Wildman–Crippen MR) is 90.0 cm³/mol. The highest BCUT2D eigenvalue weighted by atomic mass is 16.3. The number of nitrogens with zero attached hydrogens (tertiary/aromatic N) is 1. The lowest BCUT2D eigenvalue weighted by molar-refractivity contribution is -0.0413. The Bertz CT molecular complexity index is 673. The molecule has 22 heavy (non-hydrogen) atoms. The van der Waals surface area contributed by atoms with Crippen LogP contribution in [0.2, 0.25) is 0 Å². The van der Waals surface area contributed by atoms with Gasteiger partial charge in [-0.2, -0.15) is 0 Å². The average Bonchev–Trinajstić information content (AvgIpc) is 2.93. The standard InChI is InChI=1S/C19H26N2O/c1-2-9-19(13-22)10-5-11-21-12-8-15-14-6-3-4-7-16(14)20-17(15)18(19)21/h3-4,6-7,18,20,22H,2,5,8-13H2,1H3. The van der Waals surface area contributed by atoms with Crippen molar-refractivity contribution in [1.82, 2.24) is 9.88 Å². The van der Waals surface area contributed by atoms with Gasteiger partial charge in [0.15, 0.2) is 0 Å². The highest BCUT2D eigenvalue weighted by Crippen LogP contribution is 2.51. The van der Waals surface area contributed by atoms with E-state index in [0.29, 0.717) is 12.6 Å². The van der Waals surface area contributed by atoms with Gasteiger partial charge in [0.05, 0.1) is 12.6 Å². The molecule has 1 aromatic carbocycles. The van der Waals surface area contributed by atoms with Crippen LogP contribution in [-0.4, -0.2) is 34.7 Å². The zero-order valence-corrected chi connectivity index (χ0v) is 13.4. The molecule has 0 aliphatic carbocycles. The highest BCUT2D eigenvalue weighted by molar-refractivity contribution is 5.85. The van der Waals surface area contributed by atoms with Gasteiger partial charge in [0, 0.05) is 28.6 Å². The molecular formula is C19H26N2O. The summed E-state index contributed by atoms with van der Waals surface area (Å²) in [5, 5.41) is 11.7. The van der Waals surface area contributed by atoms with Crippen molar-refractivity contribution in [2.75, 3.05) is 19.7 Å². The van der Waals surface area contributed by atoms with Gasteiger partial charge >= 0.3 is 0 Å². The van der Waals surface area contributed by atoms with Crippen molar-refractivity contribution in [2.24, 2.45) is 5.41 Å². The molecule has 2 atom stereocenters. The number of hydrogen-bond acceptors (Lipinski definition) is 2. The van der Waals surface area contributed by atoms with Gasteiger partial charge in [0.25, 0.3) is 0 Å². The van der Waals surface area contributed by atoms with E-state index in [1.165, 1.54) is 35.1 Å². The molecule has 2 aliphatic heterocycles. The normalized spacial score (nSPS) is 28.5. The maximum Gasteiger partial charge on any atom is 0.0580 e. The monoisotopic (exact) mass is 298 g/mol. The van der Waals surface area contributed by atoms with Crippen molar-refractivity contribution < 1.29 is 5.11 Å². The molecule has 2 aliphatic rings. The Morgan fingerprint density at radius 1 is 1.32 bits per heavy atom. The Balaban J connectivity index is 1.88. The molecule has 4 rings (SSSR count). The van der Waals surface area contributed by atoms with Gasteiger partial charge in [-0.15, -0.1) is 0 Å². The Labute approximate surface area is 132 Å². The number of aliphatic hydroxyl groups excluding tert-OH is 1. The molecule has 2 aromatic rings. The maximum absolute atomic E-state index is 10.3. The van der Waals surface area contributed by atoms with Gasteiger partial charge in [0.1, 0.15) is 0 Å². The Hall–Kier alpha value is -1.32. The van der Waals surface area contributed by atoms with Crippen LogP contribution in [0, 0.1) is 5.41 Å². The second-order valence-corrected chi connectivity index (χ2v) is 7.13. The SMILES string of the molecule is CCCC1(CO)CCCN2CCc3c([nH]c4ccccc34)C21.